The van der Waals surface area contributed by atoms with Crippen LogP contribution in [0.2, 0.25) is 0 Å². The molecule has 2 aliphatic rings. The van der Waals surface area contributed by atoms with Gasteiger partial charge < -0.3 is 0 Å². The fourth-order valence-corrected chi connectivity index (χ4v) is 5.12. The summed E-state index contributed by atoms with van der Waals surface area (Å²) in [7, 11) is 0. The van der Waals surface area contributed by atoms with Crippen LogP contribution in [-0.2, 0) is 6.54 Å². The molecule has 35 heavy (non-hydrogen) atoms. The van der Waals surface area contributed by atoms with Crippen molar-refractivity contribution < 1.29 is 9.85 Å². The average molecular weight is 462 g/mol. The predicted octanol–water partition coefficient (Wildman–Crippen LogP) is 6.97. The van der Waals surface area contributed by atoms with Crippen molar-refractivity contribution in [3.05, 3.63) is 121 Å². The van der Waals surface area contributed by atoms with E-state index in [0.29, 0.717) is 23.4 Å². The molecule has 0 spiro atoms. The summed E-state index contributed by atoms with van der Waals surface area (Å²) in [5, 5.41) is 35.4. The van der Waals surface area contributed by atoms with Crippen molar-refractivity contribution >= 4 is 39.4 Å². The van der Waals surface area contributed by atoms with Crippen LogP contribution in [-0.4, -0.2) is 9.85 Å². The molecule has 0 aromatic heterocycles. The fourth-order valence-electron chi connectivity index (χ4n) is 5.12. The lowest BCUT2D eigenvalue weighted by molar-refractivity contribution is -0.515. The van der Waals surface area contributed by atoms with E-state index in [1.807, 2.05) is 48.5 Å². The van der Waals surface area contributed by atoms with E-state index in [0.717, 1.165) is 38.2 Å². The molecule has 4 aromatic carbocycles. The van der Waals surface area contributed by atoms with Gasteiger partial charge in [0.05, 0.1) is 12.2 Å². The second-order valence-corrected chi connectivity index (χ2v) is 8.61. The van der Waals surface area contributed by atoms with Crippen molar-refractivity contribution in [3.63, 3.8) is 0 Å². The molecular formula is C27H18N4O4. The van der Waals surface area contributed by atoms with Crippen LogP contribution in [0, 0.1) is 20.2 Å². The van der Waals surface area contributed by atoms with Crippen LogP contribution in [0.4, 0.5) is 5.69 Å². The summed E-state index contributed by atoms with van der Waals surface area (Å²) in [4.78, 5) is 22.5. The van der Waals surface area contributed by atoms with Crippen LogP contribution in [0.3, 0.4) is 0 Å². The summed E-state index contributed by atoms with van der Waals surface area (Å²) in [6.45, 7) is 0.299. The zero-order chi connectivity index (χ0) is 24.1. The minimum atomic E-state index is -0.881. The predicted molar refractivity (Wildman–Crippen MR) is 134 cm³/mol. The Morgan fingerprint density at radius 1 is 0.714 bits per heavy atom. The third-order valence-electron chi connectivity index (χ3n) is 6.70. The van der Waals surface area contributed by atoms with E-state index in [2.05, 4.69) is 10.2 Å². The van der Waals surface area contributed by atoms with Gasteiger partial charge >= 0.3 is 0 Å². The van der Waals surface area contributed by atoms with Gasteiger partial charge in [-0.05, 0) is 45.7 Å². The number of nitrogens with zero attached hydrogens (tertiary/aromatic N) is 4. The Kier molecular flexibility index (Phi) is 4.74. The van der Waals surface area contributed by atoms with Crippen molar-refractivity contribution in [2.75, 3.05) is 0 Å². The maximum Gasteiger partial charge on any atom is 0.257 e. The Morgan fingerprint density at radius 2 is 1.29 bits per heavy atom. The first-order valence-electron chi connectivity index (χ1n) is 11.1. The van der Waals surface area contributed by atoms with Gasteiger partial charge in [0.2, 0.25) is 0 Å². The highest BCUT2D eigenvalue weighted by molar-refractivity contribution is 6.01. The van der Waals surface area contributed by atoms with Gasteiger partial charge in [-0.2, -0.15) is 10.2 Å². The number of azo groups is 1. The van der Waals surface area contributed by atoms with E-state index in [9.17, 15) is 20.2 Å². The standard InChI is InChI=1S/C27H18N4O4/c32-30(33)24-13-10-16-7-8-18(19-3-1-5-21(24)26(16)19)15-28-29-23-12-9-17-11-14-25(31(34)35)22-6-2-4-20(23)27(17)22/h1-14,24-25H,15H2. The molecule has 0 bridgehead atoms. The van der Waals surface area contributed by atoms with Crippen LogP contribution in [0.5, 0.6) is 0 Å². The molecule has 4 aromatic rings. The first-order valence-corrected chi connectivity index (χ1v) is 11.1. The van der Waals surface area contributed by atoms with Crippen LogP contribution in [0.15, 0.2) is 83.0 Å². The largest absolute Gasteiger partial charge is 0.264 e. The van der Waals surface area contributed by atoms with Gasteiger partial charge in [0.15, 0.2) is 0 Å². The van der Waals surface area contributed by atoms with E-state index in [1.54, 1.807) is 36.4 Å². The molecule has 2 unspecified atom stereocenters. The molecule has 0 saturated heterocycles. The molecule has 0 N–H and O–H groups in total. The summed E-state index contributed by atoms with van der Waals surface area (Å²) in [5.74, 6) is 0. The minimum absolute atomic E-state index is 0.281. The van der Waals surface area contributed by atoms with Crippen LogP contribution >= 0.6 is 0 Å². The van der Waals surface area contributed by atoms with Gasteiger partial charge in [-0.25, -0.2) is 0 Å². The Labute approximate surface area is 199 Å². The van der Waals surface area contributed by atoms with E-state index in [-0.39, 0.29) is 9.85 Å². The van der Waals surface area contributed by atoms with E-state index in [4.69, 9.17) is 0 Å². The summed E-state index contributed by atoms with van der Waals surface area (Å²) in [6.07, 6.45) is 6.81. The molecule has 2 atom stereocenters. The van der Waals surface area contributed by atoms with Crippen LogP contribution < -0.4 is 0 Å². The minimum Gasteiger partial charge on any atom is -0.264 e. The number of rotatable bonds is 5. The number of nitro groups is 2. The highest BCUT2D eigenvalue weighted by Gasteiger charge is 2.27. The van der Waals surface area contributed by atoms with Crippen molar-refractivity contribution in [2.45, 2.75) is 18.6 Å². The van der Waals surface area contributed by atoms with Gasteiger partial charge in [-0.3, -0.25) is 20.2 Å². The lowest BCUT2D eigenvalue weighted by Gasteiger charge is -2.17. The Morgan fingerprint density at radius 3 is 1.91 bits per heavy atom. The van der Waals surface area contributed by atoms with Crippen LogP contribution in [0.1, 0.15) is 39.9 Å². The van der Waals surface area contributed by atoms with Crippen molar-refractivity contribution in [1.82, 2.24) is 0 Å². The van der Waals surface area contributed by atoms with Crippen molar-refractivity contribution in [1.29, 1.82) is 0 Å². The number of hydrogen-bond donors (Lipinski definition) is 0. The topological polar surface area (TPSA) is 111 Å². The molecular weight excluding hydrogens is 444 g/mol. The smallest absolute Gasteiger partial charge is 0.257 e. The molecule has 0 saturated carbocycles. The SMILES string of the molecule is O=[N+]([O-])C1C=Cc2ccc(CN=Nc3ccc4c5c(cccc35)C([N+](=O)[O-])C=C4)c3cccc1c23. The highest BCUT2D eigenvalue weighted by Crippen LogP contribution is 2.40. The Bertz CT molecular complexity index is 1650. The van der Waals surface area contributed by atoms with E-state index < -0.39 is 12.1 Å². The second kappa shape index (κ2) is 7.95. The van der Waals surface area contributed by atoms with Crippen LogP contribution in [0.25, 0.3) is 33.7 Å². The van der Waals surface area contributed by atoms with E-state index in [1.165, 1.54) is 0 Å². The Balaban J connectivity index is 1.38. The van der Waals surface area contributed by atoms with Crippen molar-refractivity contribution in [2.24, 2.45) is 10.2 Å². The normalized spacial score (nSPS) is 17.9. The molecule has 2 aliphatic carbocycles. The molecule has 8 heteroatoms. The zero-order valence-electron chi connectivity index (χ0n) is 18.4. The van der Waals surface area contributed by atoms with Gasteiger partial charge in [0, 0.05) is 31.7 Å². The monoisotopic (exact) mass is 462 g/mol. The van der Waals surface area contributed by atoms with Gasteiger partial charge in [-0.15, -0.1) is 0 Å². The van der Waals surface area contributed by atoms with E-state index >= 15 is 0 Å². The molecule has 8 nitrogen and oxygen atoms in total. The quantitative estimate of drug-likeness (QED) is 0.181. The molecule has 170 valence electrons. The first-order chi connectivity index (χ1) is 17.0. The summed E-state index contributed by atoms with van der Waals surface area (Å²) < 4.78 is 0. The van der Waals surface area contributed by atoms with Crippen molar-refractivity contribution in [3.8, 4) is 0 Å². The number of benzene rings is 4. The third-order valence-corrected chi connectivity index (χ3v) is 6.70. The summed E-state index contributed by atoms with van der Waals surface area (Å²) in [5.41, 5.74) is 4.77. The molecule has 6 rings (SSSR count). The second-order valence-electron chi connectivity index (χ2n) is 8.61. The lowest BCUT2D eigenvalue weighted by Crippen LogP contribution is -2.11. The zero-order valence-corrected chi connectivity index (χ0v) is 18.4. The average Bonchev–Trinajstić information content (AvgIpc) is 2.86. The summed E-state index contributed by atoms with van der Waals surface area (Å²) >= 11 is 0. The lowest BCUT2D eigenvalue weighted by atomic mass is 9.88. The summed E-state index contributed by atoms with van der Waals surface area (Å²) in [6, 6.07) is 17.0. The first kappa shape index (κ1) is 20.9. The third kappa shape index (κ3) is 3.30. The van der Waals surface area contributed by atoms with Gasteiger partial charge in [0.25, 0.3) is 12.1 Å². The molecule has 0 radical (unpaired) electrons. The molecule has 0 heterocycles. The molecule has 0 aliphatic heterocycles. The number of hydrogen-bond acceptors (Lipinski definition) is 6. The highest BCUT2D eigenvalue weighted by atomic mass is 16.6. The van der Waals surface area contributed by atoms with Gasteiger partial charge in [0.1, 0.15) is 0 Å². The maximum atomic E-state index is 11.5. The van der Waals surface area contributed by atoms with Gasteiger partial charge in [-0.1, -0.05) is 66.7 Å². The molecule has 0 amide bonds. The Hall–Kier alpha value is -4.72. The molecule has 0 fully saturated rings. The maximum absolute atomic E-state index is 11.5. The fraction of sp³-hybridized carbons (Fsp3) is 0.111.